The molecule has 0 unspecified atom stereocenters. The third-order valence-corrected chi connectivity index (χ3v) is 5.50. The fraction of sp³-hybridized carbons (Fsp3) is 0.529. The zero-order chi connectivity index (χ0) is 20.1. The Labute approximate surface area is 164 Å². The molecule has 1 aliphatic rings. The number of thioether (sulfide) groups is 1. The number of hydrogen-bond acceptors (Lipinski definition) is 6. The number of hydrogen-bond donors (Lipinski definition) is 0. The zero-order valence-electron chi connectivity index (χ0n) is 15.2. The molecule has 0 atom stereocenters. The van der Waals surface area contributed by atoms with E-state index in [1.807, 2.05) is 7.05 Å². The molecule has 152 valence electrons. The minimum Gasteiger partial charge on any atom is -0.406 e. The summed E-state index contributed by atoms with van der Waals surface area (Å²) < 4.78 is 42.0. The fourth-order valence-corrected chi connectivity index (χ4v) is 3.93. The second-order valence-electron chi connectivity index (χ2n) is 6.50. The number of halogens is 3. The zero-order valence-corrected chi connectivity index (χ0v) is 16.0. The van der Waals surface area contributed by atoms with Crippen LogP contribution in [0.25, 0.3) is 5.69 Å². The topological polar surface area (TPSA) is 73.1 Å². The van der Waals surface area contributed by atoms with Gasteiger partial charge in [0.2, 0.25) is 11.1 Å². The Kier molecular flexibility index (Phi) is 6.42. The third kappa shape index (κ3) is 5.37. The van der Waals surface area contributed by atoms with Crippen molar-refractivity contribution < 1.29 is 22.7 Å². The number of nitrogens with zero attached hydrogens (tertiary/aromatic N) is 5. The quantitative estimate of drug-likeness (QED) is 0.673. The van der Waals surface area contributed by atoms with Crippen LogP contribution in [0.2, 0.25) is 0 Å². The number of tetrazole rings is 1. The van der Waals surface area contributed by atoms with Crippen molar-refractivity contribution >= 4 is 17.7 Å². The van der Waals surface area contributed by atoms with Gasteiger partial charge in [-0.15, -0.1) is 18.3 Å². The largest absolute Gasteiger partial charge is 0.573 e. The van der Waals surface area contributed by atoms with Gasteiger partial charge in [-0.3, -0.25) is 4.79 Å². The van der Waals surface area contributed by atoms with Crippen molar-refractivity contribution in [2.24, 2.45) is 0 Å². The molecular weight excluding hydrogens is 395 g/mol. The Morgan fingerprint density at radius 2 is 1.93 bits per heavy atom. The van der Waals surface area contributed by atoms with E-state index in [9.17, 15) is 18.0 Å². The highest BCUT2D eigenvalue weighted by molar-refractivity contribution is 7.99. The highest BCUT2D eigenvalue weighted by atomic mass is 32.2. The Hall–Kier alpha value is -2.30. The molecule has 0 spiro atoms. The molecule has 7 nitrogen and oxygen atoms in total. The van der Waals surface area contributed by atoms with Gasteiger partial charge in [0.1, 0.15) is 5.75 Å². The molecule has 2 aromatic rings. The van der Waals surface area contributed by atoms with Crippen molar-refractivity contribution in [1.29, 1.82) is 0 Å². The maximum atomic E-state index is 12.5. The number of benzene rings is 1. The van der Waals surface area contributed by atoms with E-state index in [1.54, 1.807) is 4.90 Å². The van der Waals surface area contributed by atoms with Crippen LogP contribution < -0.4 is 4.74 Å². The van der Waals surface area contributed by atoms with Gasteiger partial charge in [0.25, 0.3) is 0 Å². The van der Waals surface area contributed by atoms with Gasteiger partial charge >= 0.3 is 6.36 Å². The van der Waals surface area contributed by atoms with Crippen LogP contribution in [0.3, 0.4) is 0 Å². The van der Waals surface area contributed by atoms with E-state index in [2.05, 4.69) is 20.3 Å². The Balaban J connectivity index is 1.61. The summed E-state index contributed by atoms with van der Waals surface area (Å²) in [7, 11) is 1.82. The molecule has 1 amide bonds. The number of rotatable bonds is 6. The van der Waals surface area contributed by atoms with Gasteiger partial charge in [0, 0.05) is 13.1 Å². The second kappa shape index (κ2) is 8.80. The first-order valence-corrected chi connectivity index (χ1v) is 9.85. The molecular formula is C17H20F3N5O2S. The lowest BCUT2D eigenvalue weighted by molar-refractivity contribution is -0.274. The smallest absolute Gasteiger partial charge is 0.406 e. The van der Waals surface area contributed by atoms with Crippen LogP contribution >= 0.6 is 11.8 Å². The summed E-state index contributed by atoms with van der Waals surface area (Å²) in [5.41, 5.74) is 0.468. The average Bonchev–Trinajstić information content (AvgIpc) is 3.14. The molecule has 1 saturated carbocycles. The SMILES string of the molecule is CN(C(=O)CSc1nnnn1-c1ccc(OC(F)(F)F)cc1)C1CCCCC1. The van der Waals surface area contributed by atoms with Gasteiger partial charge < -0.3 is 9.64 Å². The molecule has 11 heteroatoms. The van der Waals surface area contributed by atoms with Crippen LogP contribution in [0, 0.1) is 0 Å². The van der Waals surface area contributed by atoms with Crippen molar-refractivity contribution in [3.8, 4) is 11.4 Å². The van der Waals surface area contributed by atoms with Crippen LogP contribution in [0.5, 0.6) is 5.75 Å². The predicted molar refractivity (Wildman–Crippen MR) is 96.2 cm³/mol. The summed E-state index contributed by atoms with van der Waals surface area (Å²) in [4.78, 5) is 14.3. The van der Waals surface area contributed by atoms with Crippen molar-refractivity contribution in [3.63, 3.8) is 0 Å². The second-order valence-corrected chi connectivity index (χ2v) is 7.44. The van der Waals surface area contributed by atoms with Crippen LogP contribution in [0.4, 0.5) is 13.2 Å². The van der Waals surface area contributed by atoms with Gasteiger partial charge in [-0.05, 0) is 47.5 Å². The van der Waals surface area contributed by atoms with Crippen LogP contribution in [0.1, 0.15) is 32.1 Å². The Morgan fingerprint density at radius 3 is 2.57 bits per heavy atom. The summed E-state index contributed by atoms with van der Waals surface area (Å²) in [6.45, 7) is 0. The first-order chi connectivity index (χ1) is 13.3. The molecule has 1 heterocycles. The van der Waals surface area contributed by atoms with Gasteiger partial charge in [0.05, 0.1) is 11.4 Å². The molecule has 3 rings (SSSR count). The maximum absolute atomic E-state index is 12.5. The van der Waals surface area contributed by atoms with Crippen LogP contribution in [-0.2, 0) is 4.79 Å². The Bertz CT molecular complexity index is 791. The van der Waals surface area contributed by atoms with Crippen molar-refractivity contribution in [3.05, 3.63) is 24.3 Å². The number of alkyl halides is 3. The predicted octanol–water partition coefficient (Wildman–Crippen LogP) is 3.44. The number of ether oxygens (including phenoxy) is 1. The molecule has 1 aromatic carbocycles. The highest BCUT2D eigenvalue weighted by Crippen LogP contribution is 2.26. The lowest BCUT2D eigenvalue weighted by Crippen LogP contribution is -2.39. The van der Waals surface area contributed by atoms with E-state index in [1.165, 1.54) is 47.1 Å². The standard InChI is InChI=1S/C17H20F3N5O2S/c1-24(12-5-3-2-4-6-12)15(26)11-28-16-21-22-23-25(16)13-7-9-14(10-8-13)27-17(18,19)20/h7-10,12H,2-6,11H2,1H3. The number of carbonyl (C=O) groups is 1. The fourth-order valence-electron chi connectivity index (χ4n) is 3.12. The number of carbonyl (C=O) groups excluding carboxylic acids is 1. The molecule has 0 N–H and O–H groups in total. The molecule has 0 radical (unpaired) electrons. The van der Waals surface area contributed by atoms with Gasteiger partial charge in [-0.25, -0.2) is 0 Å². The normalized spacial score (nSPS) is 15.4. The Morgan fingerprint density at radius 1 is 1.25 bits per heavy atom. The minimum atomic E-state index is -4.75. The van der Waals surface area contributed by atoms with Crippen LogP contribution in [-0.4, -0.2) is 56.2 Å². The minimum absolute atomic E-state index is 0.000347. The van der Waals surface area contributed by atoms with E-state index in [-0.39, 0.29) is 23.5 Å². The highest BCUT2D eigenvalue weighted by Gasteiger charge is 2.31. The van der Waals surface area contributed by atoms with Crippen LogP contribution in [0.15, 0.2) is 29.4 Å². The first-order valence-electron chi connectivity index (χ1n) is 8.86. The molecule has 1 fully saturated rings. The molecule has 1 aliphatic carbocycles. The summed E-state index contributed by atoms with van der Waals surface area (Å²) in [6.07, 6.45) is 0.800. The molecule has 0 aliphatic heterocycles. The summed E-state index contributed by atoms with van der Waals surface area (Å²) in [5.74, 6) is -0.147. The summed E-state index contributed by atoms with van der Waals surface area (Å²) in [6, 6.07) is 5.47. The first kappa shape index (κ1) is 20.4. The van der Waals surface area contributed by atoms with Gasteiger partial charge in [-0.2, -0.15) is 4.68 Å². The molecule has 1 aromatic heterocycles. The molecule has 28 heavy (non-hydrogen) atoms. The summed E-state index contributed by atoms with van der Waals surface area (Å²) in [5, 5.41) is 11.7. The van der Waals surface area contributed by atoms with E-state index in [0.29, 0.717) is 10.8 Å². The monoisotopic (exact) mass is 415 g/mol. The van der Waals surface area contributed by atoms with Gasteiger partial charge in [0.15, 0.2) is 0 Å². The van der Waals surface area contributed by atoms with E-state index < -0.39 is 6.36 Å². The number of aromatic nitrogens is 4. The summed E-state index contributed by atoms with van der Waals surface area (Å²) >= 11 is 1.19. The van der Waals surface area contributed by atoms with E-state index in [4.69, 9.17) is 0 Å². The van der Waals surface area contributed by atoms with Gasteiger partial charge in [-0.1, -0.05) is 31.0 Å². The molecule has 0 saturated heterocycles. The van der Waals surface area contributed by atoms with Crippen molar-refractivity contribution in [2.45, 2.75) is 49.7 Å². The maximum Gasteiger partial charge on any atom is 0.573 e. The van der Waals surface area contributed by atoms with Crippen molar-refractivity contribution in [1.82, 2.24) is 25.1 Å². The van der Waals surface area contributed by atoms with Crippen molar-refractivity contribution in [2.75, 3.05) is 12.8 Å². The third-order valence-electron chi connectivity index (χ3n) is 4.60. The number of amides is 1. The lowest BCUT2D eigenvalue weighted by atomic mass is 9.94. The van der Waals surface area contributed by atoms with E-state index >= 15 is 0 Å². The molecule has 0 bridgehead atoms. The van der Waals surface area contributed by atoms with E-state index in [0.717, 1.165) is 25.7 Å². The average molecular weight is 415 g/mol. The lowest BCUT2D eigenvalue weighted by Gasteiger charge is -2.31.